The number of hydrogen-bond donors (Lipinski definition) is 0. The first-order valence-electron chi connectivity index (χ1n) is 10.9. The highest BCUT2D eigenvalue weighted by Crippen LogP contribution is 2.38. The van der Waals surface area contributed by atoms with E-state index in [9.17, 15) is 26.7 Å². The summed E-state index contributed by atoms with van der Waals surface area (Å²) in [7, 11) is 1.26. The Morgan fingerprint density at radius 3 is 2.59 bits per heavy atom. The fraction of sp³-hybridized carbons (Fsp3) is 0.200. The van der Waals surface area contributed by atoms with Gasteiger partial charge < -0.3 is 14.1 Å². The van der Waals surface area contributed by atoms with Gasteiger partial charge in [-0.1, -0.05) is 17.7 Å². The highest BCUT2D eigenvalue weighted by Gasteiger charge is 2.37. The van der Waals surface area contributed by atoms with Gasteiger partial charge in [-0.25, -0.2) is 13.8 Å². The highest BCUT2D eigenvalue weighted by molar-refractivity contribution is 6.33. The summed E-state index contributed by atoms with van der Waals surface area (Å²) >= 11 is 6.36. The number of pyridine rings is 1. The number of imidazole rings is 1. The van der Waals surface area contributed by atoms with Crippen LogP contribution < -0.4 is 4.74 Å². The minimum Gasteiger partial charge on any atom is -0.494 e. The zero-order chi connectivity index (χ0) is 26.5. The SMILES string of the molecule is COc1ccc(F)c(C2=CCN(C(=O)c3nc4c(C(F)(F)F)cc(-c5ccoc5)cn4c3Cl)CC2)c1F. The number of nitrogens with zero attached hydrogens (tertiary/aromatic N) is 3. The maximum Gasteiger partial charge on any atom is 0.420 e. The van der Waals surface area contributed by atoms with Crippen molar-refractivity contribution in [3.05, 3.63) is 82.7 Å². The molecule has 192 valence electrons. The standard InChI is InChI=1S/C25H17ClF5N3O3/c1-36-18-3-2-17(27)19(20(18)28)13-4-7-33(8-5-13)24(35)21-22(26)34-11-15(14-6-9-37-12-14)10-16(23(34)32-21)25(29,30)31/h2-4,6,9-12H,5,7-8H2,1H3. The predicted octanol–water partition coefficient (Wildman–Crippen LogP) is 6.48. The van der Waals surface area contributed by atoms with Crippen molar-refractivity contribution in [2.24, 2.45) is 0 Å². The minimum absolute atomic E-state index is 0.0390. The predicted molar refractivity (Wildman–Crippen MR) is 124 cm³/mol. The number of ether oxygens (including phenoxy) is 1. The molecular weight excluding hydrogens is 521 g/mol. The second kappa shape index (κ2) is 9.22. The summed E-state index contributed by atoms with van der Waals surface area (Å²) < 4.78 is 81.5. The second-order valence-electron chi connectivity index (χ2n) is 8.27. The fourth-order valence-electron chi connectivity index (χ4n) is 4.26. The summed E-state index contributed by atoms with van der Waals surface area (Å²) in [6.45, 7) is -0.0157. The van der Waals surface area contributed by atoms with E-state index in [-0.39, 0.29) is 47.2 Å². The number of methoxy groups -OCH3 is 1. The van der Waals surface area contributed by atoms with Crippen molar-refractivity contribution in [1.82, 2.24) is 14.3 Å². The summed E-state index contributed by atoms with van der Waals surface area (Å²) in [6, 6.07) is 4.66. The number of hydrogen-bond acceptors (Lipinski definition) is 4. The Morgan fingerprint density at radius 2 is 1.97 bits per heavy atom. The number of aromatic nitrogens is 2. The molecule has 1 aromatic carbocycles. The van der Waals surface area contributed by atoms with E-state index in [2.05, 4.69) is 4.98 Å². The second-order valence-corrected chi connectivity index (χ2v) is 8.62. The van der Waals surface area contributed by atoms with Crippen LogP contribution in [-0.2, 0) is 6.18 Å². The molecule has 0 bridgehead atoms. The lowest BCUT2D eigenvalue weighted by molar-refractivity contribution is -0.136. The van der Waals surface area contributed by atoms with E-state index >= 15 is 0 Å². The van der Waals surface area contributed by atoms with Gasteiger partial charge in [0.2, 0.25) is 0 Å². The van der Waals surface area contributed by atoms with Crippen LogP contribution in [0.1, 0.15) is 28.0 Å². The first-order chi connectivity index (χ1) is 17.6. The van der Waals surface area contributed by atoms with E-state index in [1.807, 2.05) is 0 Å². The Hall–Kier alpha value is -3.86. The Balaban J connectivity index is 1.50. The molecule has 3 aromatic heterocycles. The van der Waals surface area contributed by atoms with E-state index < -0.39 is 34.9 Å². The van der Waals surface area contributed by atoms with Gasteiger partial charge in [0.15, 0.2) is 22.9 Å². The summed E-state index contributed by atoms with van der Waals surface area (Å²) in [6.07, 6.45) is 0.733. The Labute approximate surface area is 211 Å². The fourth-order valence-corrected chi connectivity index (χ4v) is 4.52. The van der Waals surface area contributed by atoms with Crippen LogP contribution in [0.4, 0.5) is 22.0 Å². The summed E-state index contributed by atoms with van der Waals surface area (Å²) in [4.78, 5) is 18.4. The van der Waals surface area contributed by atoms with Crippen LogP contribution in [0.25, 0.3) is 22.3 Å². The normalized spacial score (nSPS) is 14.2. The molecule has 0 atom stereocenters. The van der Waals surface area contributed by atoms with E-state index in [0.29, 0.717) is 11.1 Å². The van der Waals surface area contributed by atoms with Gasteiger partial charge in [0.1, 0.15) is 11.0 Å². The smallest absolute Gasteiger partial charge is 0.420 e. The third kappa shape index (κ3) is 4.33. The molecule has 0 fully saturated rings. The highest BCUT2D eigenvalue weighted by atomic mass is 35.5. The quantitative estimate of drug-likeness (QED) is 0.279. The van der Waals surface area contributed by atoms with Crippen LogP contribution in [0.15, 0.2) is 53.5 Å². The number of carbonyl (C=O) groups is 1. The minimum atomic E-state index is -4.77. The molecule has 0 N–H and O–H groups in total. The number of alkyl halides is 3. The first kappa shape index (κ1) is 24.8. The van der Waals surface area contributed by atoms with Crippen molar-refractivity contribution in [2.45, 2.75) is 12.6 Å². The van der Waals surface area contributed by atoms with E-state index in [4.69, 9.17) is 20.8 Å². The lowest BCUT2D eigenvalue weighted by Crippen LogP contribution is -2.35. The molecule has 5 rings (SSSR count). The number of fused-ring (bicyclic) bond motifs is 1. The van der Waals surface area contributed by atoms with Gasteiger partial charge in [0.25, 0.3) is 5.91 Å². The zero-order valence-corrected chi connectivity index (χ0v) is 19.8. The van der Waals surface area contributed by atoms with Gasteiger partial charge in [-0.15, -0.1) is 0 Å². The maximum atomic E-state index is 14.7. The first-order valence-corrected chi connectivity index (χ1v) is 11.3. The van der Waals surface area contributed by atoms with Gasteiger partial charge in [0, 0.05) is 30.4 Å². The topological polar surface area (TPSA) is 60.0 Å². The number of halogens is 6. The monoisotopic (exact) mass is 537 g/mol. The summed E-state index contributed by atoms with van der Waals surface area (Å²) in [5.41, 5.74) is -1.33. The van der Waals surface area contributed by atoms with Crippen molar-refractivity contribution >= 4 is 28.7 Å². The Morgan fingerprint density at radius 1 is 1.19 bits per heavy atom. The largest absolute Gasteiger partial charge is 0.494 e. The van der Waals surface area contributed by atoms with E-state index in [0.717, 1.165) is 16.5 Å². The molecule has 37 heavy (non-hydrogen) atoms. The molecule has 1 aliphatic heterocycles. The average molecular weight is 538 g/mol. The molecule has 4 aromatic rings. The molecule has 0 aliphatic carbocycles. The van der Waals surface area contributed by atoms with E-state index in [1.165, 1.54) is 48.9 Å². The van der Waals surface area contributed by atoms with Crippen LogP contribution in [0.3, 0.4) is 0 Å². The maximum absolute atomic E-state index is 14.7. The van der Waals surface area contributed by atoms with Crippen molar-refractivity contribution in [2.75, 3.05) is 20.2 Å². The lowest BCUT2D eigenvalue weighted by atomic mass is 9.98. The van der Waals surface area contributed by atoms with E-state index in [1.54, 1.807) is 0 Å². The van der Waals surface area contributed by atoms with Crippen molar-refractivity contribution in [3.63, 3.8) is 0 Å². The van der Waals surface area contributed by atoms with Crippen LogP contribution in [-0.4, -0.2) is 40.4 Å². The molecule has 0 spiro atoms. The van der Waals surface area contributed by atoms with Crippen molar-refractivity contribution in [3.8, 4) is 16.9 Å². The number of furan rings is 1. The molecule has 6 nitrogen and oxygen atoms in total. The summed E-state index contributed by atoms with van der Waals surface area (Å²) in [5.74, 6) is -2.47. The molecule has 1 aliphatic rings. The van der Waals surface area contributed by atoms with Crippen molar-refractivity contribution < 1.29 is 35.9 Å². The van der Waals surface area contributed by atoms with Gasteiger partial charge >= 0.3 is 6.18 Å². The molecule has 0 unspecified atom stereocenters. The number of rotatable bonds is 4. The Bertz CT molecular complexity index is 1540. The van der Waals surface area contributed by atoms with Gasteiger partial charge in [-0.2, -0.15) is 13.2 Å². The molecule has 0 saturated heterocycles. The summed E-state index contributed by atoms with van der Waals surface area (Å²) in [5, 5.41) is -0.296. The molecule has 0 radical (unpaired) electrons. The van der Waals surface area contributed by atoms with Crippen molar-refractivity contribution in [1.29, 1.82) is 0 Å². The van der Waals surface area contributed by atoms with Gasteiger partial charge in [-0.3, -0.25) is 9.20 Å². The molecule has 1 amide bonds. The Kier molecular flexibility index (Phi) is 6.18. The molecular formula is C25H17ClF5N3O3. The van der Waals surface area contributed by atoms with Crippen LogP contribution in [0.5, 0.6) is 5.75 Å². The lowest BCUT2D eigenvalue weighted by Gasteiger charge is -2.26. The molecule has 12 heteroatoms. The third-order valence-electron chi connectivity index (χ3n) is 6.12. The van der Waals surface area contributed by atoms with Gasteiger partial charge in [-0.05, 0) is 36.3 Å². The number of benzene rings is 1. The average Bonchev–Trinajstić information content (AvgIpc) is 3.52. The van der Waals surface area contributed by atoms with Crippen LogP contribution in [0.2, 0.25) is 5.15 Å². The molecule has 0 saturated carbocycles. The van der Waals surface area contributed by atoms with Gasteiger partial charge in [0.05, 0.1) is 30.8 Å². The number of amides is 1. The zero-order valence-electron chi connectivity index (χ0n) is 19.1. The number of carbonyl (C=O) groups excluding carboxylic acids is 1. The van der Waals surface area contributed by atoms with Crippen LogP contribution in [0, 0.1) is 11.6 Å². The third-order valence-corrected chi connectivity index (χ3v) is 6.48. The molecule has 4 heterocycles. The van der Waals surface area contributed by atoms with Crippen LogP contribution >= 0.6 is 11.6 Å².